The van der Waals surface area contributed by atoms with Crippen LogP contribution in [0.15, 0.2) is 18.3 Å². The largest absolute Gasteiger partial charge is 0.369 e. The maximum Gasteiger partial charge on any atom is 0.255 e. The van der Waals surface area contributed by atoms with E-state index in [0.717, 1.165) is 13.0 Å². The second kappa shape index (κ2) is 6.01. The number of nitrogens with zero attached hydrogens (tertiary/aromatic N) is 1. The molecule has 15 heavy (non-hydrogen) atoms. The highest BCUT2D eigenvalue weighted by molar-refractivity contribution is 5.98. The molecule has 0 bridgehead atoms. The summed E-state index contributed by atoms with van der Waals surface area (Å²) in [5.41, 5.74) is 0.604. The van der Waals surface area contributed by atoms with Crippen LogP contribution in [0.5, 0.6) is 0 Å². The number of amides is 1. The highest BCUT2D eigenvalue weighted by Crippen LogP contribution is 2.10. The van der Waals surface area contributed by atoms with Crippen LogP contribution < -0.4 is 10.6 Å². The smallest absolute Gasteiger partial charge is 0.255 e. The lowest BCUT2D eigenvalue weighted by Crippen LogP contribution is -2.24. The van der Waals surface area contributed by atoms with Crippen LogP contribution in [0.1, 0.15) is 30.6 Å². The van der Waals surface area contributed by atoms with E-state index in [0.29, 0.717) is 17.9 Å². The standard InChI is InChI=1S/C11H17N3O/c1-3-7-13-10-9(6-5-8-14-10)11(15)12-4-2/h5-6,8H,3-4,7H2,1-2H3,(H,12,15)(H,13,14). The van der Waals surface area contributed by atoms with Gasteiger partial charge in [-0.05, 0) is 25.5 Å². The molecular weight excluding hydrogens is 190 g/mol. The Kier molecular flexibility index (Phi) is 4.60. The minimum absolute atomic E-state index is 0.0794. The fourth-order valence-corrected chi connectivity index (χ4v) is 1.23. The summed E-state index contributed by atoms with van der Waals surface area (Å²) < 4.78 is 0. The van der Waals surface area contributed by atoms with Crippen LogP contribution in [0.25, 0.3) is 0 Å². The number of nitrogens with one attached hydrogen (secondary N) is 2. The summed E-state index contributed by atoms with van der Waals surface area (Å²) in [6.45, 7) is 5.42. The molecule has 0 saturated carbocycles. The third-order valence-electron chi connectivity index (χ3n) is 1.93. The van der Waals surface area contributed by atoms with Crippen LogP contribution in [0.2, 0.25) is 0 Å². The first-order valence-corrected chi connectivity index (χ1v) is 5.26. The van der Waals surface area contributed by atoms with Crippen molar-refractivity contribution in [2.45, 2.75) is 20.3 Å². The molecule has 1 aromatic rings. The van der Waals surface area contributed by atoms with Gasteiger partial charge in [0.25, 0.3) is 5.91 Å². The highest BCUT2D eigenvalue weighted by Gasteiger charge is 2.09. The zero-order valence-corrected chi connectivity index (χ0v) is 9.21. The van der Waals surface area contributed by atoms with Crippen molar-refractivity contribution >= 4 is 11.7 Å². The van der Waals surface area contributed by atoms with E-state index in [2.05, 4.69) is 22.5 Å². The second-order valence-electron chi connectivity index (χ2n) is 3.19. The topological polar surface area (TPSA) is 54.0 Å². The highest BCUT2D eigenvalue weighted by atomic mass is 16.1. The summed E-state index contributed by atoms with van der Waals surface area (Å²) in [5, 5.41) is 5.89. The number of hydrogen-bond acceptors (Lipinski definition) is 3. The van der Waals surface area contributed by atoms with Gasteiger partial charge < -0.3 is 10.6 Å². The van der Waals surface area contributed by atoms with Crippen molar-refractivity contribution in [2.75, 3.05) is 18.4 Å². The van der Waals surface area contributed by atoms with Gasteiger partial charge in [0.1, 0.15) is 5.82 Å². The first-order valence-electron chi connectivity index (χ1n) is 5.26. The molecular formula is C11H17N3O. The molecule has 0 radical (unpaired) electrons. The molecule has 0 unspecified atom stereocenters. The van der Waals surface area contributed by atoms with Crippen LogP contribution in [-0.4, -0.2) is 24.0 Å². The van der Waals surface area contributed by atoms with Gasteiger partial charge in [-0.15, -0.1) is 0 Å². The van der Waals surface area contributed by atoms with Gasteiger partial charge in [-0.1, -0.05) is 6.92 Å². The van der Waals surface area contributed by atoms with Gasteiger partial charge in [-0.25, -0.2) is 4.98 Å². The molecule has 82 valence electrons. The van der Waals surface area contributed by atoms with Gasteiger partial charge in [-0.3, -0.25) is 4.79 Å². The molecule has 0 spiro atoms. The summed E-state index contributed by atoms with van der Waals surface area (Å²) in [7, 11) is 0. The lowest BCUT2D eigenvalue weighted by molar-refractivity contribution is 0.0956. The molecule has 0 aliphatic rings. The first kappa shape index (κ1) is 11.5. The summed E-state index contributed by atoms with van der Waals surface area (Å²) >= 11 is 0. The lowest BCUT2D eigenvalue weighted by Gasteiger charge is -2.09. The molecule has 1 heterocycles. The molecule has 1 aromatic heterocycles. The Balaban J connectivity index is 2.80. The molecule has 1 amide bonds. The van der Waals surface area contributed by atoms with E-state index < -0.39 is 0 Å². The van der Waals surface area contributed by atoms with E-state index in [1.54, 1.807) is 18.3 Å². The predicted molar refractivity (Wildman–Crippen MR) is 61.0 cm³/mol. The van der Waals surface area contributed by atoms with Crippen LogP contribution in [0, 0.1) is 0 Å². The molecule has 0 aromatic carbocycles. The van der Waals surface area contributed by atoms with Gasteiger partial charge in [-0.2, -0.15) is 0 Å². The number of pyridine rings is 1. The summed E-state index contributed by atoms with van der Waals surface area (Å²) in [4.78, 5) is 15.8. The van der Waals surface area contributed by atoms with Crippen LogP contribution in [-0.2, 0) is 0 Å². The van der Waals surface area contributed by atoms with Crippen molar-refractivity contribution in [3.8, 4) is 0 Å². The molecule has 4 nitrogen and oxygen atoms in total. The van der Waals surface area contributed by atoms with Gasteiger partial charge >= 0.3 is 0 Å². The van der Waals surface area contributed by atoms with Crippen molar-refractivity contribution < 1.29 is 4.79 Å². The van der Waals surface area contributed by atoms with Crippen molar-refractivity contribution in [3.63, 3.8) is 0 Å². The van der Waals surface area contributed by atoms with E-state index in [1.807, 2.05) is 6.92 Å². The molecule has 0 fully saturated rings. The van der Waals surface area contributed by atoms with Gasteiger partial charge in [0.2, 0.25) is 0 Å². The van der Waals surface area contributed by atoms with Crippen LogP contribution >= 0.6 is 0 Å². The molecule has 0 aliphatic heterocycles. The summed E-state index contributed by atoms with van der Waals surface area (Å²) in [6.07, 6.45) is 2.69. The fourth-order valence-electron chi connectivity index (χ4n) is 1.23. The van der Waals surface area contributed by atoms with Crippen molar-refractivity contribution in [3.05, 3.63) is 23.9 Å². The average molecular weight is 207 g/mol. The van der Waals surface area contributed by atoms with E-state index >= 15 is 0 Å². The molecule has 1 rings (SSSR count). The summed E-state index contributed by atoms with van der Waals surface area (Å²) in [5.74, 6) is 0.578. The molecule has 2 N–H and O–H groups in total. The monoisotopic (exact) mass is 207 g/mol. The van der Waals surface area contributed by atoms with Gasteiger partial charge in [0, 0.05) is 19.3 Å². The normalized spacial score (nSPS) is 9.73. The number of anilines is 1. The number of hydrogen-bond donors (Lipinski definition) is 2. The fraction of sp³-hybridized carbons (Fsp3) is 0.455. The predicted octanol–water partition coefficient (Wildman–Crippen LogP) is 1.65. The Labute approximate surface area is 90.1 Å². The Bertz CT molecular complexity index is 325. The van der Waals surface area contributed by atoms with Crippen molar-refractivity contribution in [1.82, 2.24) is 10.3 Å². The Hall–Kier alpha value is -1.58. The van der Waals surface area contributed by atoms with Crippen molar-refractivity contribution in [2.24, 2.45) is 0 Å². The number of aromatic nitrogens is 1. The zero-order chi connectivity index (χ0) is 11.1. The molecule has 4 heteroatoms. The van der Waals surface area contributed by atoms with Crippen LogP contribution in [0.4, 0.5) is 5.82 Å². The Morgan fingerprint density at radius 3 is 2.93 bits per heavy atom. The number of rotatable bonds is 5. The zero-order valence-electron chi connectivity index (χ0n) is 9.21. The quantitative estimate of drug-likeness (QED) is 0.772. The van der Waals surface area contributed by atoms with Gasteiger partial charge in [0.15, 0.2) is 0 Å². The molecule has 0 saturated heterocycles. The SMILES string of the molecule is CCCNc1ncccc1C(=O)NCC. The third kappa shape index (κ3) is 3.23. The molecule has 0 aliphatic carbocycles. The maximum absolute atomic E-state index is 11.6. The van der Waals surface area contributed by atoms with Crippen LogP contribution in [0.3, 0.4) is 0 Å². The third-order valence-corrected chi connectivity index (χ3v) is 1.93. The van der Waals surface area contributed by atoms with E-state index in [1.165, 1.54) is 0 Å². The van der Waals surface area contributed by atoms with Crippen molar-refractivity contribution in [1.29, 1.82) is 0 Å². The minimum atomic E-state index is -0.0794. The van der Waals surface area contributed by atoms with E-state index in [4.69, 9.17) is 0 Å². The lowest BCUT2D eigenvalue weighted by atomic mass is 10.2. The van der Waals surface area contributed by atoms with E-state index in [-0.39, 0.29) is 5.91 Å². The summed E-state index contributed by atoms with van der Waals surface area (Å²) in [6, 6.07) is 3.54. The minimum Gasteiger partial charge on any atom is -0.369 e. The first-order chi connectivity index (χ1) is 7.29. The van der Waals surface area contributed by atoms with E-state index in [9.17, 15) is 4.79 Å². The Morgan fingerprint density at radius 2 is 2.27 bits per heavy atom. The molecule has 0 atom stereocenters. The average Bonchev–Trinajstić information content (AvgIpc) is 2.27. The van der Waals surface area contributed by atoms with Gasteiger partial charge in [0.05, 0.1) is 5.56 Å². The second-order valence-corrected chi connectivity index (χ2v) is 3.19. The Morgan fingerprint density at radius 1 is 1.47 bits per heavy atom. The number of carbonyl (C=O) groups excluding carboxylic acids is 1. The maximum atomic E-state index is 11.6. The number of carbonyl (C=O) groups is 1.